The number of amides is 2. The Bertz CT molecular complexity index is 892. The summed E-state index contributed by atoms with van der Waals surface area (Å²) in [5.41, 5.74) is 1.82. The second-order valence-electron chi connectivity index (χ2n) is 4.52. The van der Waals surface area contributed by atoms with Crippen molar-refractivity contribution in [3.63, 3.8) is 0 Å². The van der Waals surface area contributed by atoms with Crippen LogP contribution in [-0.2, 0) is 0 Å². The second-order valence-corrected chi connectivity index (χ2v) is 4.52. The van der Waals surface area contributed by atoms with Gasteiger partial charge in [-0.05, 0) is 12.1 Å². The van der Waals surface area contributed by atoms with E-state index in [0.717, 1.165) is 10.9 Å². The Kier molecular flexibility index (Phi) is 1.67. The lowest BCUT2D eigenvalue weighted by molar-refractivity contribution is 0.0880. The van der Waals surface area contributed by atoms with Gasteiger partial charge in [0, 0.05) is 16.3 Å². The zero-order valence-corrected chi connectivity index (χ0v) is 9.65. The molecule has 0 atom stereocenters. The standard InChI is InChI=1S/C14H8N2O3/c17-9-5-7-11(14(19)16-13(7)18)12-10(9)6-3-1-2-4-8(6)15-12/h1-5,15,17H,(H,16,18,19). The summed E-state index contributed by atoms with van der Waals surface area (Å²) < 4.78 is 0. The molecule has 0 radical (unpaired) electrons. The molecule has 92 valence electrons. The van der Waals surface area contributed by atoms with Gasteiger partial charge in [0.1, 0.15) is 5.75 Å². The van der Waals surface area contributed by atoms with E-state index in [1.54, 1.807) is 0 Å². The number of aromatic nitrogens is 1. The zero-order valence-electron chi connectivity index (χ0n) is 9.65. The Morgan fingerprint density at radius 2 is 1.84 bits per heavy atom. The summed E-state index contributed by atoms with van der Waals surface area (Å²) >= 11 is 0. The van der Waals surface area contributed by atoms with Crippen LogP contribution in [0, 0.1) is 0 Å². The minimum Gasteiger partial charge on any atom is -0.507 e. The van der Waals surface area contributed by atoms with Gasteiger partial charge in [-0.3, -0.25) is 14.9 Å². The fraction of sp³-hybridized carbons (Fsp3) is 0. The first kappa shape index (κ1) is 10.1. The van der Waals surface area contributed by atoms with Crippen LogP contribution in [0.5, 0.6) is 5.75 Å². The van der Waals surface area contributed by atoms with Gasteiger partial charge < -0.3 is 10.1 Å². The molecule has 0 aliphatic carbocycles. The maximum Gasteiger partial charge on any atom is 0.261 e. The Hall–Kier alpha value is -2.82. The van der Waals surface area contributed by atoms with Crippen LogP contribution in [0.4, 0.5) is 0 Å². The van der Waals surface area contributed by atoms with Crippen molar-refractivity contribution in [3.8, 4) is 5.75 Å². The molecule has 0 saturated heterocycles. The molecule has 3 N–H and O–H groups in total. The Morgan fingerprint density at radius 3 is 2.68 bits per heavy atom. The molecule has 1 aromatic heterocycles. The highest BCUT2D eigenvalue weighted by Gasteiger charge is 2.31. The van der Waals surface area contributed by atoms with Gasteiger partial charge in [-0.15, -0.1) is 0 Å². The Balaban J connectivity index is 2.30. The van der Waals surface area contributed by atoms with E-state index < -0.39 is 11.8 Å². The molecular weight excluding hydrogens is 244 g/mol. The summed E-state index contributed by atoms with van der Waals surface area (Å²) in [5.74, 6) is -0.913. The molecule has 2 heterocycles. The number of phenols is 1. The summed E-state index contributed by atoms with van der Waals surface area (Å²) in [6, 6.07) is 8.77. The molecule has 0 saturated carbocycles. The molecule has 5 nitrogen and oxygen atoms in total. The van der Waals surface area contributed by atoms with Crippen molar-refractivity contribution in [3.05, 3.63) is 41.5 Å². The summed E-state index contributed by atoms with van der Waals surface area (Å²) in [7, 11) is 0. The first-order valence-electron chi connectivity index (χ1n) is 5.79. The number of aromatic hydroxyl groups is 1. The average Bonchev–Trinajstić information content (AvgIpc) is 2.89. The molecule has 19 heavy (non-hydrogen) atoms. The maximum atomic E-state index is 11.8. The number of imide groups is 1. The number of phenolic OH excluding ortho intramolecular Hbond substituents is 1. The monoisotopic (exact) mass is 252 g/mol. The maximum absolute atomic E-state index is 11.8. The number of carbonyl (C=O) groups excluding carboxylic acids is 2. The predicted molar refractivity (Wildman–Crippen MR) is 69.3 cm³/mol. The van der Waals surface area contributed by atoms with Gasteiger partial charge in [0.25, 0.3) is 11.8 Å². The van der Waals surface area contributed by atoms with Crippen LogP contribution in [0.2, 0.25) is 0 Å². The molecular formula is C14H8N2O3. The number of hydrogen-bond donors (Lipinski definition) is 3. The number of rotatable bonds is 0. The van der Waals surface area contributed by atoms with Gasteiger partial charge in [-0.1, -0.05) is 18.2 Å². The van der Waals surface area contributed by atoms with Crippen LogP contribution in [0.15, 0.2) is 30.3 Å². The van der Waals surface area contributed by atoms with Crippen LogP contribution in [-0.4, -0.2) is 21.9 Å². The molecule has 0 fully saturated rings. The number of benzene rings is 2. The lowest BCUT2D eigenvalue weighted by atomic mass is 10.0. The van der Waals surface area contributed by atoms with Crippen molar-refractivity contribution >= 4 is 33.6 Å². The van der Waals surface area contributed by atoms with Crippen LogP contribution >= 0.6 is 0 Å². The predicted octanol–water partition coefficient (Wildman–Crippen LogP) is 1.91. The number of nitrogens with one attached hydrogen (secondary N) is 2. The lowest BCUT2D eigenvalue weighted by Crippen LogP contribution is -2.20. The van der Waals surface area contributed by atoms with Gasteiger partial charge in [0.15, 0.2) is 0 Å². The highest BCUT2D eigenvalue weighted by Crippen LogP contribution is 2.37. The van der Waals surface area contributed by atoms with Gasteiger partial charge in [-0.25, -0.2) is 0 Å². The molecule has 4 rings (SSSR count). The molecule has 1 aliphatic heterocycles. The largest absolute Gasteiger partial charge is 0.507 e. The van der Waals surface area contributed by atoms with Gasteiger partial charge in [-0.2, -0.15) is 0 Å². The third-order valence-corrected chi connectivity index (χ3v) is 3.46. The minimum atomic E-state index is -0.476. The number of fused-ring (bicyclic) bond motifs is 5. The lowest BCUT2D eigenvalue weighted by Gasteiger charge is -2.00. The zero-order chi connectivity index (χ0) is 13.1. The minimum absolute atomic E-state index is 0.00366. The highest BCUT2D eigenvalue weighted by molar-refractivity contribution is 6.29. The highest BCUT2D eigenvalue weighted by atomic mass is 16.3. The van der Waals surface area contributed by atoms with Crippen molar-refractivity contribution in [2.75, 3.05) is 0 Å². The third-order valence-electron chi connectivity index (χ3n) is 3.46. The molecule has 2 amide bonds. The number of H-pyrrole nitrogens is 1. The molecule has 1 aliphatic rings. The summed E-state index contributed by atoms with van der Waals surface area (Å²) in [4.78, 5) is 26.6. The van der Waals surface area contributed by atoms with E-state index in [4.69, 9.17) is 0 Å². The van der Waals surface area contributed by atoms with Gasteiger partial charge >= 0.3 is 0 Å². The van der Waals surface area contributed by atoms with E-state index in [-0.39, 0.29) is 11.3 Å². The van der Waals surface area contributed by atoms with Crippen LogP contribution in [0.25, 0.3) is 21.8 Å². The molecule has 2 aromatic carbocycles. The molecule has 0 spiro atoms. The number of aromatic amines is 1. The molecule has 5 heteroatoms. The second kappa shape index (κ2) is 3.14. The normalized spacial score (nSPS) is 14.1. The number of para-hydroxylation sites is 1. The molecule has 0 bridgehead atoms. The van der Waals surface area contributed by atoms with E-state index in [1.807, 2.05) is 24.3 Å². The fourth-order valence-corrected chi connectivity index (χ4v) is 2.66. The smallest absolute Gasteiger partial charge is 0.261 e. The topological polar surface area (TPSA) is 82.2 Å². The number of hydrogen-bond acceptors (Lipinski definition) is 3. The van der Waals surface area contributed by atoms with Gasteiger partial charge in [0.05, 0.1) is 16.6 Å². The van der Waals surface area contributed by atoms with E-state index >= 15 is 0 Å². The summed E-state index contributed by atoms with van der Waals surface area (Å²) in [6.45, 7) is 0. The molecule has 0 unspecified atom stereocenters. The van der Waals surface area contributed by atoms with E-state index in [0.29, 0.717) is 16.5 Å². The third kappa shape index (κ3) is 1.14. The van der Waals surface area contributed by atoms with E-state index in [1.165, 1.54) is 6.07 Å². The SMILES string of the molecule is O=C1NC(=O)c2c1cc(O)c1c2[nH]c2ccccc21. The van der Waals surface area contributed by atoms with Crippen molar-refractivity contribution in [1.29, 1.82) is 0 Å². The number of carbonyl (C=O) groups is 2. The van der Waals surface area contributed by atoms with Crippen molar-refractivity contribution in [2.24, 2.45) is 0 Å². The van der Waals surface area contributed by atoms with E-state index in [2.05, 4.69) is 10.3 Å². The van der Waals surface area contributed by atoms with Crippen LogP contribution in [0.1, 0.15) is 20.7 Å². The van der Waals surface area contributed by atoms with E-state index in [9.17, 15) is 14.7 Å². The van der Waals surface area contributed by atoms with Crippen LogP contribution in [0.3, 0.4) is 0 Å². The fourth-order valence-electron chi connectivity index (χ4n) is 2.66. The van der Waals surface area contributed by atoms with Crippen molar-refractivity contribution in [2.45, 2.75) is 0 Å². The average molecular weight is 252 g/mol. The molecule has 3 aromatic rings. The first-order chi connectivity index (χ1) is 9.16. The quantitative estimate of drug-likeness (QED) is 0.534. The van der Waals surface area contributed by atoms with Crippen molar-refractivity contribution in [1.82, 2.24) is 10.3 Å². The van der Waals surface area contributed by atoms with Crippen molar-refractivity contribution < 1.29 is 14.7 Å². The summed E-state index contributed by atoms with van der Waals surface area (Å²) in [5, 5.41) is 13.7. The Labute approximate surface area is 106 Å². The van der Waals surface area contributed by atoms with Crippen LogP contribution < -0.4 is 5.32 Å². The van der Waals surface area contributed by atoms with Gasteiger partial charge in [0.2, 0.25) is 0 Å². The summed E-state index contributed by atoms with van der Waals surface area (Å²) in [6.07, 6.45) is 0. The Morgan fingerprint density at radius 1 is 1.05 bits per heavy atom. The first-order valence-corrected chi connectivity index (χ1v) is 5.79.